The molecule has 0 fully saturated rings. The number of nitriles is 1. The second-order valence-electron chi connectivity index (χ2n) is 6.73. The fourth-order valence-electron chi connectivity index (χ4n) is 3.25. The van der Waals surface area contributed by atoms with Gasteiger partial charge in [-0.15, -0.1) is 0 Å². The Labute approximate surface area is 176 Å². The molecule has 0 aromatic heterocycles. The molecule has 0 aliphatic heterocycles. The summed E-state index contributed by atoms with van der Waals surface area (Å²) in [4.78, 5) is 2.05. The van der Waals surface area contributed by atoms with E-state index in [9.17, 15) is 5.11 Å². The van der Waals surface area contributed by atoms with Gasteiger partial charge in [0.25, 0.3) is 0 Å². The van der Waals surface area contributed by atoms with E-state index in [0.29, 0.717) is 11.3 Å². The fraction of sp³-hybridized carbons (Fsp3) is 0. The number of phenolic OH excluding ortho intramolecular Hbond substituents is 1. The molecule has 0 aliphatic carbocycles. The Balaban J connectivity index is 1.73. The Morgan fingerprint density at radius 2 is 1.33 bits per heavy atom. The van der Waals surface area contributed by atoms with Crippen molar-refractivity contribution >= 4 is 30.0 Å². The number of rotatable bonds is 6. The van der Waals surface area contributed by atoms with Crippen molar-refractivity contribution in [1.82, 2.24) is 0 Å². The fourth-order valence-corrected chi connectivity index (χ4v) is 3.25. The maximum Gasteiger partial charge on any atom is 0.374 e. The summed E-state index contributed by atoms with van der Waals surface area (Å²) in [6.07, 6.45) is 0. The highest BCUT2D eigenvalue weighted by Gasteiger charge is 2.19. The summed E-state index contributed by atoms with van der Waals surface area (Å²) in [5.74, 6) is 0.465. The molecule has 4 aromatic carbocycles. The Morgan fingerprint density at radius 3 is 1.90 bits per heavy atom. The first-order chi connectivity index (χ1) is 14.8. The molecule has 0 aliphatic rings. The molecular weight excluding hydrogens is 371 g/mol. The molecule has 0 saturated carbocycles. The Hall–Kier alpha value is -4.17. The van der Waals surface area contributed by atoms with Gasteiger partial charge in [-0.25, -0.2) is 0 Å². The van der Waals surface area contributed by atoms with Gasteiger partial charge in [-0.05, 0) is 54.0 Å². The number of hydrogen-bond acceptors (Lipinski definition) is 4. The molecule has 0 bridgehead atoms. The third kappa shape index (κ3) is 4.13. The summed E-state index contributed by atoms with van der Waals surface area (Å²) in [5, 5.41) is 19.6. The Bertz CT molecular complexity index is 1120. The van der Waals surface area contributed by atoms with Crippen molar-refractivity contribution in [2.45, 2.75) is 0 Å². The highest BCUT2D eigenvalue weighted by Crippen LogP contribution is 2.43. The van der Waals surface area contributed by atoms with Gasteiger partial charge in [-0.1, -0.05) is 54.6 Å². The largest absolute Gasteiger partial charge is 0.555 e. The van der Waals surface area contributed by atoms with E-state index in [1.54, 1.807) is 24.3 Å². The number of nitrogens with zero attached hydrogens (tertiary/aromatic N) is 2. The second kappa shape index (κ2) is 8.89. The van der Waals surface area contributed by atoms with Crippen LogP contribution in [0.2, 0.25) is 0 Å². The van der Waals surface area contributed by atoms with Crippen LogP contribution in [0.3, 0.4) is 0 Å². The molecule has 0 radical (unpaired) electrons. The smallest absolute Gasteiger partial charge is 0.374 e. The normalized spacial score (nSPS) is 10.1. The number of benzene rings is 4. The molecule has 0 saturated heterocycles. The van der Waals surface area contributed by atoms with Gasteiger partial charge >= 0.3 is 7.48 Å². The summed E-state index contributed by atoms with van der Waals surface area (Å²) in [6.45, 7) is 0. The Morgan fingerprint density at radius 1 is 0.733 bits per heavy atom. The average molecular weight is 390 g/mol. The molecule has 4 aromatic rings. The molecule has 30 heavy (non-hydrogen) atoms. The predicted molar refractivity (Wildman–Crippen MR) is 121 cm³/mol. The molecular formula is C25H19BN2O2. The topological polar surface area (TPSA) is 56.5 Å². The van der Waals surface area contributed by atoms with E-state index < -0.39 is 0 Å². The third-order valence-corrected chi connectivity index (χ3v) is 4.71. The van der Waals surface area contributed by atoms with Crippen LogP contribution in [-0.2, 0) is 0 Å². The first kappa shape index (κ1) is 19.2. The van der Waals surface area contributed by atoms with E-state index in [4.69, 9.17) is 9.92 Å². The third-order valence-electron chi connectivity index (χ3n) is 4.71. The summed E-state index contributed by atoms with van der Waals surface area (Å²) in [5.41, 5.74) is 4.16. The minimum atomic E-state index is 0.0676. The van der Waals surface area contributed by atoms with Gasteiger partial charge in [0.15, 0.2) is 11.5 Å². The first-order valence-electron chi connectivity index (χ1n) is 9.60. The van der Waals surface area contributed by atoms with Crippen LogP contribution in [0.15, 0.2) is 103 Å². The van der Waals surface area contributed by atoms with Crippen molar-refractivity contribution in [3.05, 3.63) is 109 Å². The average Bonchev–Trinajstić information content (AvgIpc) is 2.81. The molecule has 0 unspecified atom stereocenters. The zero-order valence-corrected chi connectivity index (χ0v) is 16.3. The molecule has 0 amide bonds. The lowest BCUT2D eigenvalue weighted by Crippen LogP contribution is -2.21. The van der Waals surface area contributed by atoms with Crippen molar-refractivity contribution in [2.75, 3.05) is 4.90 Å². The molecule has 0 atom stereocenters. The maximum atomic E-state index is 10.6. The monoisotopic (exact) mass is 390 g/mol. The first-order valence-corrected chi connectivity index (χ1v) is 9.60. The van der Waals surface area contributed by atoms with E-state index >= 15 is 0 Å². The highest BCUT2D eigenvalue weighted by molar-refractivity contribution is 6.47. The summed E-state index contributed by atoms with van der Waals surface area (Å²) in [6, 6.07) is 34.6. The molecule has 4 rings (SSSR count). The van der Waals surface area contributed by atoms with Crippen LogP contribution >= 0.6 is 0 Å². The van der Waals surface area contributed by atoms with Crippen LogP contribution in [0.4, 0.5) is 17.1 Å². The van der Waals surface area contributed by atoms with E-state index in [0.717, 1.165) is 22.5 Å². The number of hydrogen-bond donors (Lipinski definition) is 1. The van der Waals surface area contributed by atoms with Gasteiger partial charge in [-0.2, -0.15) is 5.26 Å². The van der Waals surface area contributed by atoms with Crippen LogP contribution in [0.25, 0.3) is 0 Å². The summed E-state index contributed by atoms with van der Waals surface area (Å²) in [7, 11) is 0.272. The zero-order chi connectivity index (χ0) is 20.8. The van der Waals surface area contributed by atoms with Crippen LogP contribution in [0.1, 0.15) is 5.56 Å². The molecule has 0 spiro atoms. The molecule has 0 heterocycles. The maximum absolute atomic E-state index is 10.6. The lowest BCUT2D eigenvalue weighted by molar-refractivity contribution is 0.445. The SMILES string of the molecule is N#Cc1ccc(BOc2c(O)cccc2N(c2ccccc2)c2ccccc2)cc1. The zero-order valence-electron chi connectivity index (χ0n) is 16.3. The van der Waals surface area contributed by atoms with E-state index in [1.807, 2.05) is 83.8 Å². The van der Waals surface area contributed by atoms with E-state index in [2.05, 4.69) is 6.07 Å². The number of para-hydroxylation sites is 3. The molecule has 144 valence electrons. The van der Waals surface area contributed by atoms with Crippen molar-refractivity contribution in [1.29, 1.82) is 5.26 Å². The minimum absolute atomic E-state index is 0.0676. The molecule has 1 N–H and O–H groups in total. The van der Waals surface area contributed by atoms with Crippen molar-refractivity contribution < 1.29 is 9.76 Å². The van der Waals surface area contributed by atoms with Crippen LogP contribution in [0, 0.1) is 11.3 Å². The van der Waals surface area contributed by atoms with Gasteiger partial charge in [0.1, 0.15) is 0 Å². The van der Waals surface area contributed by atoms with Gasteiger partial charge in [0.2, 0.25) is 0 Å². The molecule has 5 heteroatoms. The van der Waals surface area contributed by atoms with Gasteiger partial charge in [0.05, 0.1) is 17.3 Å². The van der Waals surface area contributed by atoms with Crippen LogP contribution in [-0.4, -0.2) is 12.6 Å². The number of anilines is 3. The highest BCUT2D eigenvalue weighted by atomic mass is 16.4. The van der Waals surface area contributed by atoms with Gasteiger partial charge in [0, 0.05) is 11.4 Å². The number of phenols is 1. The minimum Gasteiger partial charge on any atom is -0.555 e. The van der Waals surface area contributed by atoms with E-state index in [1.165, 1.54) is 0 Å². The predicted octanol–water partition coefficient (Wildman–Crippen LogP) is 4.79. The van der Waals surface area contributed by atoms with Crippen molar-refractivity contribution in [3.63, 3.8) is 0 Å². The van der Waals surface area contributed by atoms with Gasteiger partial charge < -0.3 is 14.7 Å². The summed E-state index contributed by atoms with van der Waals surface area (Å²) >= 11 is 0. The molecule has 4 nitrogen and oxygen atoms in total. The lowest BCUT2D eigenvalue weighted by Gasteiger charge is -2.27. The standard InChI is InChI=1S/C25H19BN2O2/c27-18-19-14-16-20(17-15-19)26-30-25-23(12-7-13-24(25)29)28(21-8-3-1-4-9-21)22-10-5-2-6-11-22/h1-17,26,29H. The lowest BCUT2D eigenvalue weighted by atomic mass is 9.87. The second-order valence-corrected chi connectivity index (χ2v) is 6.73. The number of aromatic hydroxyl groups is 1. The van der Waals surface area contributed by atoms with E-state index in [-0.39, 0.29) is 13.2 Å². The Kier molecular flexibility index (Phi) is 5.68. The van der Waals surface area contributed by atoms with Crippen LogP contribution < -0.4 is 15.0 Å². The summed E-state index contributed by atoms with van der Waals surface area (Å²) < 4.78 is 6.08. The van der Waals surface area contributed by atoms with Crippen LogP contribution in [0.5, 0.6) is 11.5 Å². The van der Waals surface area contributed by atoms with Crippen molar-refractivity contribution in [3.8, 4) is 17.6 Å². The quantitative estimate of drug-likeness (QED) is 0.481. The van der Waals surface area contributed by atoms with Gasteiger partial charge in [-0.3, -0.25) is 0 Å². The van der Waals surface area contributed by atoms with Crippen molar-refractivity contribution in [2.24, 2.45) is 0 Å².